The van der Waals surface area contributed by atoms with Crippen molar-refractivity contribution in [3.8, 4) is 22.9 Å². The fourth-order valence-corrected chi connectivity index (χ4v) is 6.95. The van der Waals surface area contributed by atoms with Gasteiger partial charge in [-0.3, -0.25) is 14.4 Å². The number of aromatic nitrogens is 2. The van der Waals surface area contributed by atoms with Crippen molar-refractivity contribution in [1.82, 2.24) is 30.0 Å². The second-order valence-corrected chi connectivity index (χ2v) is 12.6. The number of carbonyl (C=O) groups is 3. The van der Waals surface area contributed by atoms with E-state index in [0.29, 0.717) is 43.0 Å². The van der Waals surface area contributed by atoms with Gasteiger partial charge in [0.2, 0.25) is 17.7 Å². The third kappa shape index (κ3) is 7.72. The van der Waals surface area contributed by atoms with E-state index >= 15 is 0 Å². The Morgan fingerprint density at radius 2 is 1.95 bits per heavy atom. The molecule has 1 aromatic heterocycles. The van der Waals surface area contributed by atoms with E-state index in [1.54, 1.807) is 18.2 Å². The molecule has 2 fully saturated rings. The van der Waals surface area contributed by atoms with Crippen LogP contribution >= 0.6 is 0 Å². The predicted molar refractivity (Wildman–Crippen MR) is 167 cm³/mol. The van der Waals surface area contributed by atoms with Crippen LogP contribution in [0.1, 0.15) is 58.8 Å². The Balaban J connectivity index is 1.34. The van der Waals surface area contributed by atoms with Crippen molar-refractivity contribution in [2.75, 3.05) is 46.4 Å². The molecule has 0 spiro atoms. The molecule has 44 heavy (non-hydrogen) atoms. The Hall–Kier alpha value is -3.60. The lowest BCUT2D eigenvalue weighted by Crippen LogP contribution is -2.53. The Bertz CT molecular complexity index is 1290. The van der Waals surface area contributed by atoms with Crippen LogP contribution in [0.15, 0.2) is 30.6 Å². The number of amides is 3. The van der Waals surface area contributed by atoms with E-state index in [0.717, 1.165) is 37.3 Å². The second-order valence-electron chi connectivity index (χ2n) is 12.6. The molecule has 2 bridgehead atoms. The van der Waals surface area contributed by atoms with E-state index in [-0.39, 0.29) is 43.3 Å². The maximum absolute atomic E-state index is 13.7. The topological polar surface area (TPSA) is 118 Å². The Labute approximate surface area is 260 Å². The molecule has 0 radical (unpaired) electrons. The van der Waals surface area contributed by atoms with Crippen molar-refractivity contribution in [3.63, 3.8) is 0 Å². The lowest BCUT2D eigenvalue weighted by atomic mass is 9.81. The van der Waals surface area contributed by atoms with E-state index in [2.05, 4.69) is 20.5 Å². The van der Waals surface area contributed by atoms with Gasteiger partial charge in [0.15, 0.2) is 11.5 Å². The fourth-order valence-electron chi connectivity index (χ4n) is 6.95. The summed E-state index contributed by atoms with van der Waals surface area (Å²) in [6.07, 6.45) is 10.8. The number of piperidine rings is 2. The van der Waals surface area contributed by atoms with Crippen molar-refractivity contribution in [2.24, 2.45) is 11.8 Å². The number of nitrogens with one attached hydrogen (secondary N) is 2. The lowest BCUT2D eigenvalue weighted by molar-refractivity contribution is -0.138. The van der Waals surface area contributed by atoms with Crippen molar-refractivity contribution < 1.29 is 23.9 Å². The zero-order chi connectivity index (χ0) is 31.1. The van der Waals surface area contributed by atoms with Crippen LogP contribution in [0.25, 0.3) is 11.4 Å². The zero-order valence-electron chi connectivity index (χ0n) is 26.4. The van der Waals surface area contributed by atoms with Crippen LogP contribution in [0.5, 0.6) is 11.5 Å². The molecule has 3 aliphatic rings. The maximum Gasteiger partial charge on any atom is 0.242 e. The minimum Gasteiger partial charge on any atom is -0.493 e. The Morgan fingerprint density at radius 3 is 2.77 bits per heavy atom. The van der Waals surface area contributed by atoms with Crippen LogP contribution < -0.4 is 20.1 Å². The molecule has 0 unspecified atom stereocenters. The molecule has 5 rings (SSSR count). The summed E-state index contributed by atoms with van der Waals surface area (Å²) >= 11 is 0. The van der Waals surface area contributed by atoms with Crippen molar-refractivity contribution in [2.45, 2.75) is 77.4 Å². The number of hydrogen-bond acceptors (Lipinski definition) is 7. The molecule has 3 atom stereocenters. The van der Waals surface area contributed by atoms with Gasteiger partial charge in [-0.2, -0.15) is 0 Å². The largest absolute Gasteiger partial charge is 0.493 e. The number of rotatable bonds is 5. The van der Waals surface area contributed by atoms with Crippen LogP contribution in [0, 0.1) is 11.8 Å². The SMILES string of the molecule is COc1ccc2cc1OCCN(C(=O)CC[C@@H]1CCCN3CCCC[C@H]13)CC(=O)N[C@H](C(C)C)C(=O)NCCn1ccnc1-2. The Kier molecular flexibility index (Phi) is 10.8. The minimum atomic E-state index is -0.715. The summed E-state index contributed by atoms with van der Waals surface area (Å²) in [4.78, 5) is 48.9. The molecule has 2 N–H and O–H groups in total. The van der Waals surface area contributed by atoms with Gasteiger partial charge in [-0.05, 0) is 75.2 Å². The molecule has 0 saturated carbocycles. The van der Waals surface area contributed by atoms with Crippen molar-refractivity contribution >= 4 is 17.7 Å². The zero-order valence-corrected chi connectivity index (χ0v) is 26.4. The molecule has 0 aliphatic carbocycles. The fraction of sp³-hybridized carbons (Fsp3) is 0.636. The molecule has 11 heteroatoms. The summed E-state index contributed by atoms with van der Waals surface area (Å²) in [5.74, 6) is 1.55. The highest BCUT2D eigenvalue weighted by molar-refractivity contribution is 5.90. The lowest BCUT2D eigenvalue weighted by Gasteiger charge is -2.44. The molecular weight excluding hydrogens is 560 g/mol. The van der Waals surface area contributed by atoms with E-state index in [9.17, 15) is 14.4 Å². The maximum atomic E-state index is 13.7. The van der Waals surface area contributed by atoms with Gasteiger partial charge in [-0.15, -0.1) is 0 Å². The Morgan fingerprint density at radius 1 is 1.11 bits per heavy atom. The predicted octanol–water partition coefficient (Wildman–Crippen LogP) is 3.08. The molecular formula is C33H48N6O5. The molecule has 1 aromatic carbocycles. The van der Waals surface area contributed by atoms with Gasteiger partial charge < -0.3 is 34.5 Å². The van der Waals surface area contributed by atoms with Crippen molar-refractivity contribution in [1.29, 1.82) is 0 Å². The summed E-state index contributed by atoms with van der Waals surface area (Å²) in [7, 11) is 1.59. The van der Waals surface area contributed by atoms with Gasteiger partial charge in [0.1, 0.15) is 18.5 Å². The molecule has 3 aliphatic heterocycles. The smallest absolute Gasteiger partial charge is 0.242 e. The normalized spacial score (nSPS) is 23.9. The number of nitrogens with zero attached hydrogens (tertiary/aromatic N) is 4. The first-order valence-electron chi connectivity index (χ1n) is 16.2. The quantitative estimate of drug-likeness (QED) is 0.536. The van der Waals surface area contributed by atoms with E-state index in [1.807, 2.05) is 42.8 Å². The van der Waals surface area contributed by atoms with Gasteiger partial charge in [0.05, 0.1) is 20.2 Å². The second kappa shape index (κ2) is 14.9. The summed E-state index contributed by atoms with van der Waals surface area (Å²) in [5.41, 5.74) is 0.843. The standard InChI is InChI=1S/C33H48N6O5/c1-23(2)31-33(42)35-14-18-38-17-13-34-32(38)25-9-11-27(43-3)28(21-25)44-20-19-39(22-29(40)36-31)30(41)12-10-24-7-6-16-37-15-5-4-8-26(24)37/h9,11,13,17,21,23-24,26,31H,4-8,10,12,14-16,18-20,22H2,1-3H3,(H,35,42)(H,36,40)/t24-,26+,31+/m0/s1. The highest BCUT2D eigenvalue weighted by Gasteiger charge is 2.33. The van der Waals surface area contributed by atoms with Gasteiger partial charge in [0, 0.05) is 43.5 Å². The van der Waals surface area contributed by atoms with Crippen LogP contribution in [0.3, 0.4) is 0 Å². The molecule has 4 heterocycles. The number of methoxy groups -OCH3 is 1. The summed E-state index contributed by atoms with van der Waals surface area (Å²) in [5, 5.41) is 5.86. The van der Waals surface area contributed by atoms with Crippen LogP contribution in [0.2, 0.25) is 0 Å². The highest BCUT2D eigenvalue weighted by atomic mass is 16.5. The molecule has 2 saturated heterocycles. The van der Waals surface area contributed by atoms with E-state index in [1.165, 1.54) is 25.7 Å². The average Bonchev–Trinajstić information content (AvgIpc) is 3.49. The third-order valence-corrected chi connectivity index (χ3v) is 9.32. The highest BCUT2D eigenvalue weighted by Crippen LogP contribution is 2.34. The number of imidazole rings is 1. The molecule has 240 valence electrons. The molecule has 3 amide bonds. The number of benzene rings is 1. The van der Waals surface area contributed by atoms with E-state index in [4.69, 9.17) is 9.47 Å². The van der Waals surface area contributed by atoms with Crippen LogP contribution in [-0.4, -0.2) is 95.6 Å². The third-order valence-electron chi connectivity index (χ3n) is 9.32. The minimum absolute atomic E-state index is 0.0668. The van der Waals surface area contributed by atoms with E-state index < -0.39 is 6.04 Å². The summed E-state index contributed by atoms with van der Waals surface area (Å²) in [6, 6.07) is 5.48. The summed E-state index contributed by atoms with van der Waals surface area (Å²) < 4.78 is 13.7. The number of ether oxygens (including phenoxy) is 2. The molecule has 2 aromatic rings. The monoisotopic (exact) mass is 608 g/mol. The van der Waals surface area contributed by atoms with Crippen molar-refractivity contribution in [3.05, 3.63) is 30.6 Å². The van der Waals surface area contributed by atoms with Gasteiger partial charge >= 0.3 is 0 Å². The summed E-state index contributed by atoms with van der Waals surface area (Å²) in [6.45, 7) is 7.27. The molecule has 11 nitrogen and oxygen atoms in total. The van der Waals surface area contributed by atoms with Gasteiger partial charge in [-0.25, -0.2) is 4.98 Å². The first-order chi connectivity index (χ1) is 21.3. The number of fused-ring (bicyclic) bond motifs is 5. The first kappa shape index (κ1) is 31.8. The number of hydrogen-bond donors (Lipinski definition) is 2. The van der Waals surface area contributed by atoms with Gasteiger partial charge in [0.25, 0.3) is 0 Å². The average molecular weight is 609 g/mol. The van der Waals surface area contributed by atoms with Crippen LogP contribution in [0.4, 0.5) is 0 Å². The van der Waals surface area contributed by atoms with Gasteiger partial charge in [-0.1, -0.05) is 20.3 Å². The first-order valence-corrected chi connectivity index (χ1v) is 16.2. The number of carbonyl (C=O) groups excluding carboxylic acids is 3. The van der Waals surface area contributed by atoms with Crippen LogP contribution in [-0.2, 0) is 20.9 Å².